The second kappa shape index (κ2) is 5.73. The van der Waals surface area contributed by atoms with Gasteiger partial charge in [-0.3, -0.25) is 4.79 Å². The number of amides is 1. The molecule has 0 unspecified atom stereocenters. The van der Waals surface area contributed by atoms with Crippen LogP contribution in [0.1, 0.15) is 16.2 Å². The molecule has 1 N–H and O–H groups in total. The Hall–Kier alpha value is -2.37. The van der Waals surface area contributed by atoms with Gasteiger partial charge in [-0.2, -0.15) is 0 Å². The maximum absolute atomic E-state index is 13.7. The van der Waals surface area contributed by atoms with Crippen molar-refractivity contribution >= 4 is 11.6 Å². The van der Waals surface area contributed by atoms with Gasteiger partial charge in [0, 0.05) is 33.5 Å². The van der Waals surface area contributed by atoms with E-state index < -0.39 is 5.82 Å². The van der Waals surface area contributed by atoms with Gasteiger partial charge in [0.25, 0.3) is 5.91 Å². The van der Waals surface area contributed by atoms with Gasteiger partial charge in [-0.15, -0.1) is 0 Å². The summed E-state index contributed by atoms with van der Waals surface area (Å²) in [6, 6.07) is 4.45. The molecular formula is C14H17FN4O. The second-order valence-electron chi connectivity index (χ2n) is 4.53. The second-order valence-corrected chi connectivity index (χ2v) is 4.53. The quantitative estimate of drug-likeness (QED) is 0.927. The lowest BCUT2D eigenvalue weighted by Crippen LogP contribution is -2.28. The zero-order chi connectivity index (χ0) is 14.7. The first-order valence-corrected chi connectivity index (χ1v) is 6.22. The van der Waals surface area contributed by atoms with Crippen molar-refractivity contribution in [2.45, 2.75) is 6.54 Å². The lowest BCUT2D eigenvalue weighted by molar-refractivity contribution is 0.0781. The number of benzene rings is 1. The molecule has 0 bridgehead atoms. The van der Waals surface area contributed by atoms with Crippen LogP contribution in [-0.2, 0) is 13.6 Å². The Bertz CT molecular complexity index is 623. The Morgan fingerprint density at radius 3 is 2.85 bits per heavy atom. The number of nitrogens with zero attached hydrogens (tertiary/aromatic N) is 3. The van der Waals surface area contributed by atoms with E-state index in [4.69, 9.17) is 0 Å². The topological polar surface area (TPSA) is 50.2 Å². The SMILES string of the molecule is CNc1c(F)cccc1C(=O)N(C)Cc1nccn1C. The van der Waals surface area contributed by atoms with Crippen LogP contribution in [0.5, 0.6) is 0 Å². The zero-order valence-electron chi connectivity index (χ0n) is 11.7. The number of imidazole rings is 1. The van der Waals surface area contributed by atoms with E-state index in [1.165, 1.54) is 17.0 Å². The minimum absolute atomic E-state index is 0.212. The zero-order valence-corrected chi connectivity index (χ0v) is 11.7. The summed E-state index contributed by atoms with van der Waals surface area (Å²) >= 11 is 0. The van der Waals surface area contributed by atoms with Gasteiger partial charge < -0.3 is 14.8 Å². The van der Waals surface area contributed by atoms with Crippen LogP contribution in [0.25, 0.3) is 0 Å². The molecule has 0 aliphatic rings. The fraction of sp³-hybridized carbons (Fsp3) is 0.286. The number of hydrogen-bond acceptors (Lipinski definition) is 3. The van der Waals surface area contributed by atoms with Crippen LogP contribution >= 0.6 is 0 Å². The van der Waals surface area contributed by atoms with E-state index in [1.54, 1.807) is 26.4 Å². The molecule has 5 nitrogen and oxygen atoms in total. The Labute approximate surface area is 117 Å². The summed E-state index contributed by atoms with van der Waals surface area (Å²) in [6.07, 6.45) is 3.49. The monoisotopic (exact) mass is 276 g/mol. The molecule has 0 fully saturated rings. The summed E-state index contributed by atoms with van der Waals surface area (Å²) in [4.78, 5) is 18.1. The number of hydrogen-bond donors (Lipinski definition) is 1. The standard InChI is InChI=1S/C14H17FN4O/c1-16-13-10(5-4-6-11(13)15)14(20)19(3)9-12-17-7-8-18(12)2/h4-8,16H,9H2,1-3H3. The molecule has 1 aromatic carbocycles. The highest BCUT2D eigenvalue weighted by Crippen LogP contribution is 2.21. The van der Waals surface area contributed by atoms with Crippen LogP contribution in [0.4, 0.5) is 10.1 Å². The van der Waals surface area contributed by atoms with E-state index in [0.717, 1.165) is 5.82 Å². The number of aryl methyl sites for hydroxylation is 1. The molecule has 106 valence electrons. The molecule has 0 spiro atoms. The first kappa shape index (κ1) is 14.0. The van der Waals surface area contributed by atoms with Gasteiger partial charge in [0.1, 0.15) is 11.6 Å². The molecule has 0 aliphatic carbocycles. The van der Waals surface area contributed by atoms with Crippen LogP contribution < -0.4 is 5.32 Å². The van der Waals surface area contributed by atoms with Gasteiger partial charge in [-0.25, -0.2) is 9.37 Å². The molecular weight excluding hydrogens is 259 g/mol. The molecule has 1 heterocycles. The summed E-state index contributed by atoms with van der Waals surface area (Å²) in [5.74, 6) is 0.0730. The maximum atomic E-state index is 13.7. The third kappa shape index (κ3) is 2.64. The molecule has 2 rings (SSSR count). The molecule has 0 radical (unpaired) electrons. The van der Waals surface area contributed by atoms with Gasteiger partial charge in [-0.05, 0) is 12.1 Å². The Morgan fingerprint density at radius 2 is 2.25 bits per heavy atom. The van der Waals surface area contributed by atoms with Gasteiger partial charge in [0.2, 0.25) is 0 Å². The van der Waals surface area contributed by atoms with E-state index >= 15 is 0 Å². The fourth-order valence-electron chi connectivity index (χ4n) is 1.99. The first-order chi connectivity index (χ1) is 9.54. The number of carbonyl (C=O) groups is 1. The van der Waals surface area contributed by atoms with Crippen LogP contribution in [0.3, 0.4) is 0 Å². The third-order valence-electron chi connectivity index (χ3n) is 3.14. The van der Waals surface area contributed by atoms with Gasteiger partial charge in [0.15, 0.2) is 0 Å². The maximum Gasteiger partial charge on any atom is 0.256 e. The van der Waals surface area contributed by atoms with Crippen molar-refractivity contribution in [1.29, 1.82) is 0 Å². The van der Waals surface area contributed by atoms with Crippen molar-refractivity contribution < 1.29 is 9.18 Å². The summed E-state index contributed by atoms with van der Waals surface area (Å²) in [5.41, 5.74) is 0.522. The summed E-state index contributed by atoms with van der Waals surface area (Å²) in [7, 11) is 5.12. The van der Waals surface area contributed by atoms with Gasteiger partial charge >= 0.3 is 0 Å². The molecule has 0 saturated carbocycles. The van der Waals surface area contributed by atoms with Crippen molar-refractivity contribution in [2.75, 3.05) is 19.4 Å². The highest BCUT2D eigenvalue weighted by atomic mass is 19.1. The molecule has 0 aliphatic heterocycles. The van der Waals surface area contributed by atoms with E-state index in [1.807, 2.05) is 17.8 Å². The van der Waals surface area contributed by atoms with Crippen molar-refractivity contribution in [1.82, 2.24) is 14.5 Å². The Morgan fingerprint density at radius 1 is 1.50 bits per heavy atom. The van der Waals surface area contributed by atoms with Crippen molar-refractivity contribution in [3.8, 4) is 0 Å². The Balaban J connectivity index is 2.23. The minimum Gasteiger partial charge on any atom is -0.385 e. The first-order valence-electron chi connectivity index (χ1n) is 6.22. The third-order valence-corrected chi connectivity index (χ3v) is 3.14. The average Bonchev–Trinajstić information content (AvgIpc) is 2.83. The highest BCUT2D eigenvalue weighted by Gasteiger charge is 2.18. The van der Waals surface area contributed by atoms with E-state index in [9.17, 15) is 9.18 Å². The highest BCUT2D eigenvalue weighted by molar-refractivity contribution is 5.99. The number of carbonyl (C=O) groups excluding carboxylic acids is 1. The van der Waals surface area contributed by atoms with Gasteiger partial charge in [0.05, 0.1) is 17.8 Å². The fourth-order valence-corrected chi connectivity index (χ4v) is 1.99. The van der Waals surface area contributed by atoms with Crippen LogP contribution in [0.15, 0.2) is 30.6 Å². The van der Waals surface area contributed by atoms with Crippen LogP contribution in [0.2, 0.25) is 0 Å². The number of aromatic nitrogens is 2. The molecule has 20 heavy (non-hydrogen) atoms. The van der Waals surface area contributed by atoms with Crippen molar-refractivity contribution in [3.63, 3.8) is 0 Å². The molecule has 0 saturated heterocycles. The summed E-state index contributed by atoms with van der Waals surface area (Å²) in [5, 5.41) is 2.73. The summed E-state index contributed by atoms with van der Waals surface area (Å²) < 4.78 is 15.5. The van der Waals surface area contributed by atoms with E-state index in [0.29, 0.717) is 12.1 Å². The van der Waals surface area contributed by atoms with E-state index in [2.05, 4.69) is 10.3 Å². The minimum atomic E-state index is -0.441. The van der Waals surface area contributed by atoms with Crippen molar-refractivity contribution in [3.05, 3.63) is 47.8 Å². The lowest BCUT2D eigenvalue weighted by atomic mass is 10.1. The lowest BCUT2D eigenvalue weighted by Gasteiger charge is -2.19. The molecule has 1 amide bonds. The van der Waals surface area contributed by atoms with Crippen molar-refractivity contribution in [2.24, 2.45) is 7.05 Å². The Kier molecular flexibility index (Phi) is 4.02. The average molecular weight is 276 g/mol. The number of anilines is 1. The predicted molar refractivity (Wildman–Crippen MR) is 75.0 cm³/mol. The van der Waals surface area contributed by atoms with Gasteiger partial charge in [-0.1, -0.05) is 6.07 Å². The number of rotatable bonds is 4. The molecule has 6 heteroatoms. The molecule has 0 atom stereocenters. The normalized spacial score (nSPS) is 10.4. The van der Waals surface area contributed by atoms with Crippen LogP contribution in [-0.4, -0.2) is 34.5 Å². The largest absolute Gasteiger partial charge is 0.385 e. The molecule has 2 aromatic rings. The number of para-hydroxylation sites is 1. The number of halogens is 1. The molecule has 1 aromatic heterocycles. The van der Waals surface area contributed by atoms with Crippen LogP contribution in [0, 0.1) is 5.82 Å². The summed E-state index contributed by atoms with van der Waals surface area (Å²) in [6.45, 7) is 0.363. The smallest absolute Gasteiger partial charge is 0.256 e. The predicted octanol–water partition coefficient (Wildman–Crippen LogP) is 1.87. The number of nitrogens with one attached hydrogen (secondary N) is 1. The van der Waals surface area contributed by atoms with E-state index in [-0.39, 0.29) is 11.6 Å².